The Morgan fingerprint density at radius 3 is 2.79 bits per heavy atom. The van der Waals surface area contributed by atoms with Crippen LogP contribution in [0.1, 0.15) is 17.0 Å². The van der Waals surface area contributed by atoms with Gasteiger partial charge in [0.2, 0.25) is 10.6 Å². The summed E-state index contributed by atoms with van der Waals surface area (Å²) < 4.78 is 11.7. The molecule has 0 saturated carbocycles. The van der Waals surface area contributed by atoms with Crippen molar-refractivity contribution in [1.29, 1.82) is 5.26 Å². The van der Waals surface area contributed by atoms with Gasteiger partial charge in [-0.15, -0.1) is 0 Å². The number of nitriles is 1. The molecular weight excluding hydrogens is 390 g/mol. The SMILES string of the molecule is N#CC1=C(N)Oc2c(c(=O)sc3ccccc23)[C@H]1c1cccc(OCC(N)=O)c1. The molecule has 0 spiro atoms. The van der Waals surface area contributed by atoms with Crippen LogP contribution < -0.4 is 25.7 Å². The fourth-order valence-electron chi connectivity index (χ4n) is 3.34. The van der Waals surface area contributed by atoms with Crippen LogP contribution in [0.5, 0.6) is 11.5 Å². The molecule has 0 radical (unpaired) electrons. The Balaban J connectivity index is 1.93. The number of hydrogen-bond donors (Lipinski definition) is 2. The highest BCUT2D eigenvalue weighted by molar-refractivity contribution is 7.16. The molecule has 0 unspecified atom stereocenters. The lowest BCUT2D eigenvalue weighted by atomic mass is 9.84. The molecule has 2 aromatic carbocycles. The molecule has 4 rings (SSSR count). The molecule has 144 valence electrons. The quantitative estimate of drug-likeness (QED) is 0.686. The van der Waals surface area contributed by atoms with Crippen LogP contribution in [0.15, 0.2) is 64.8 Å². The Kier molecular flexibility index (Phi) is 4.66. The number of amides is 1. The molecule has 1 aliphatic rings. The third kappa shape index (κ3) is 3.28. The molecule has 0 fully saturated rings. The van der Waals surface area contributed by atoms with Crippen molar-refractivity contribution in [1.82, 2.24) is 0 Å². The van der Waals surface area contributed by atoms with Crippen molar-refractivity contribution in [2.75, 3.05) is 6.61 Å². The number of hydrogen-bond acceptors (Lipinski definition) is 7. The van der Waals surface area contributed by atoms with Crippen LogP contribution in [0.4, 0.5) is 0 Å². The van der Waals surface area contributed by atoms with Gasteiger partial charge in [0.25, 0.3) is 5.91 Å². The van der Waals surface area contributed by atoms with Gasteiger partial charge in [-0.05, 0) is 29.8 Å². The van der Waals surface area contributed by atoms with Crippen LogP contribution in [0, 0.1) is 11.3 Å². The predicted molar refractivity (Wildman–Crippen MR) is 109 cm³/mol. The first kappa shape index (κ1) is 18.5. The number of nitrogens with two attached hydrogens (primary N) is 2. The standard InChI is InChI=1S/C21H15N3O4S/c22-9-14-17(11-4-3-5-12(8-11)27-10-16(23)25)18-19(28-20(14)24)13-6-1-2-7-15(13)29-21(18)26/h1-8,17H,10,24H2,(H2,23,25)/t17-/m0/s1. The minimum absolute atomic E-state index is 0.0470. The summed E-state index contributed by atoms with van der Waals surface area (Å²) in [5.41, 5.74) is 12.3. The van der Waals surface area contributed by atoms with E-state index in [0.717, 1.165) is 21.4 Å². The van der Waals surface area contributed by atoms with E-state index in [-0.39, 0.29) is 22.8 Å². The second kappa shape index (κ2) is 7.30. The van der Waals surface area contributed by atoms with Crippen molar-refractivity contribution in [2.45, 2.75) is 5.92 Å². The third-order valence-corrected chi connectivity index (χ3v) is 5.53. The Morgan fingerprint density at radius 2 is 2.03 bits per heavy atom. The molecule has 0 aliphatic carbocycles. The van der Waals surface area contributed by atoms with Crippen molar-refractivity contribution < 1.29 is 14.3 Å². The maximum atomic E-state index is 13.0. The fraction of sp³-hybridized carbons (Fsp3) is 0.0952. The number of carbonyl (C=O) groups is 1. The fourth-order valence-corrected chi connectivity index (χ4v) is 4.28. The lowest BCUT2D eigenvalue weighted by Crippen LogP contribution is -2.25. The zero-order valence-corrected chi connectivity index (χ0v) is 15.9. The second-order valence-corrected chi connectivity index (χ2v) is 7.40. The third-order valence-electron chi connectivity index (χ3n) is 4.55. The molecule has 1 amide bonds. The van der Waals surface area contributed by atoms with Crippen molar-refractivity contribution in [2.24, 2.45) is 11.5 Å². The second-order valence-electron chi connectivity index (χ2n) is 6.38. The monoisotopic (exact) mass is 405 g/mol. The van der Waals surface area contributed by atoms with Gasteiger partial charge in [0.1, 0.15) is 23.1 Å². The molecule has 0 saturated heterocycles. The normalized spacial score (nSPS) is 15.3. The van der Waals surface area contributed by atoms with E-state index in [1.807, 2.05) is 24.3 Å². The largest absolute Gasteiger partial charge is 0.484 e. The Hall–Kier alpha value is -3.83. The van der Waals surface area contributed by atoms with Gasteiger partial charge in [-0.25, -0.2) is 0 Å². The van der Waals surface area contributed by atoms with Gasteiger partial charge in [-0.2, -0.15) is 5.26 Å². The summed E-state index contributed by atoms with van der Waals surface area (Å²) in [6, 6.07) is 16.2. The molecule has 3 aromatic rings. The average molecular weight is 405 g/mol. The minimum Gasteiger partial charge on any atom is -0.484 e. The van der Waals surface area contributed by atoms with E-state index in [1.54, 1.807) is 24.3 Å². The van der Waals surface area contributed by atoms with E-state index < -0.39 is 11.8 Å². The number of ether oxygens (including phenoxy) is 2. The Morgan fingerprint density at radius 1 is 1.24 bits per heavy atom. The highest BCUT2D eigenvalue weighted by Gasteiger charge is 2.34. The average Bonchev–Trinajstić information content (AvgIpc) is 2.71. The molecule has 1 atom stereocenters. The number of carbonyl (C=O) groups excluding carboxylic acids is 1. The topological polar surface area (TPSA) is 128 Å². The van der Waals surface area contributed by atoms with Gasteiger partial charge in [-0.3, -0.25) is 9.59 Å². The highest BCUT2D eigenvalue weighted by Crippen LogP contribution is 2.44. The van der Waals surface area contributed by atoms with E-state index in [2.05, 4.69) is 6.07 Å². The van der Waals surface area contributed by atoms with E-state index in [0.29, 0.717) is 22.6 Å². The Bertz CT molecular complexity index is 1270. The van der Waals surface area contributed by atoms with Crippen LogP contribution >= 0.6 is 11.3 Å². The van der Waals surface area contributed by atoms with Gasteiger partial charge >= 0.3 is 0 Å². The summed E-state index contributed by atoms with van der Waals surface area (Å²) in [5.74, 6) is -0.622. The molecule has 2 heterocycles. The summed E-state index contributed by atoms with van der Waals surface area (Å²) in [6.07, 6.45) is 0. The van der Waals surface area contributed by atoms with Crippen molar-refractivity contribution in [3.05, 3.63) is 80.7 Å². The molecule has 1 aliphatic heterocycles. The predicted octanol–water partition coefficient (Wildman–Crippen LogP) is 2.34. The molecule has 8 heteroatoms. The van der Waals surface area contributed by atoms with E-state index in [4.69, 9.17) is 20.9 Å². The molecular formula is C21H15N3O4S. The summed E-state index contributed by atoms with van der Waals surface area (Å²) in [5, 5.41) is 10.5. The van der Waals surface area contributed by atoms with Crippen LogP contribution in [0.2, 0.25) is 0 Å². The van der Waals surface area contributed by atoms with Gasteiger partial charge < -0.3 is 20.9 Å². The lowest BCUT2D eigenvalue weighted by molar-refractivity contribution is -0.119. The van der Waals surface area contributed by atoms with Crippen LogP contribution in [0.3, 0.4) is 0 Å². The number of rotatable bonds is 4. The summed E-state index contributed by atoms with van der Waals surface area (Å²) >= 11 is 1.09. The van der Waals surface area contributed by atoms with Crippen LogP contribution in [-0.4, -0.2) is 12.5 Å². The number of benzene rings is 2. The Labute approximate surface area is 169 Å². The van der Waals surface area contributed by atoms with Gasteiger partial charge in [0.15, 0.2) is 6.61 Å². The zero-order chi connectivity index (χ0) is 20.5. The minimum atomic E-state index is -0.714. The number of primary amides is 1. The zero-order valence-electron chi connectivity index (χ0n) is 15.0. The van der Waals surface area contributed by atoms with Gasteiger partial charge in [0.05, 0.1) is 11.5 Å². The highest BCUT2D eigenvalue weighted by atomic mass is 32.1. The van der Waals surface area contributed by atoms with E-state index in [9.17, 15) is 14.9 Å². The van der Waals surface area contributed by atoms with Crippen molar-refractivity contribution in [3.8, 4) is 17.6 Å². The summed E-state index contributed by atoms with van der Waals surface area (Å²) in [6.45, 7) is -0.281. The lowest BCUT2D eigenvalue weighted by Gasteiger charge is -2.26. The van der Waals surface area contributed by atoms with E-state index in [1.165, 1.54) is 0 Å². The smallest absolute Gasteiger partial charge is 0.255 e. The van der Waals surface area contributed by atoms with Crippen molar-refractivity contribution >= 4 is 27.3 Å². The van der Waals surface area contributed by atoms with Crippen LogP contribution in [-0.2, 0) is 4.79 Å². The first-order valence-electron chi connectivity index (χ1n) is 8.64. The molecule has 4 N–H and O–H groups in total. The first-order valence-corrected chi connectivity index (χ1v) is 9.45. The maximum Gasteiger partial charge on any atom is 0.255 e. The van der Waals surface area contributed by atoms with Crippen molar-refractivity contribution in [3.63, 3.8) is 0 Å². The van der Waals surface area contributed by atoms with Gasteiger partial charge in [0, 0.05) is 10.1 Å². The van der Waals surface area contributed by atoms with E-state index >= 15 is 0 Å². The molecule has 7 nitrogen and oxygen atoms in total. The number of nitrogens with zero attached hydrogens (tertiary/aromatic N) is 1. The number of fused-ring (bicyclic) bond motifs is 3. The summed E-state index contributed by atoms with van der Waals surface area (Å²) in [7, 11) is 0. The first-order chi connectivity index (χ1) is 14.0. The molecule has 1 aromatic heterocycles. The van der Waals surface area contributed by atoms with Crippen LogP contribution in [0.25, 0.3) is 10.1 Å². The number of allylic oxidation sites excluding steroid dienone is 1. The van der Waals surface area contributed by atoms with Gasteiger partial charge in [-0.1, -0.05) is 35.6 Å². The maximum absolute atomic E-state index is 13.0. The molecule has 29 heavy (non-hydrogen) atoms. The summed E-state index contributed by atoms with van der Waals surface area (Å²) in [4.78, 5) is 24.0. The molecule has 0 bridgehead atoms.